The predicted octanol–water partition coefficient (Wildman–Crippen LogP) is 2.14. The van der Waals surface area contributed by atoms with E-state index in [1.165, 1.54) is 6.07 Å². The van der Waals surface area contributed by atoms with Crippen molar-refractivity contribution in [3.05, 3.63) is 35.4 Å². The molecule has 0 spiro atoms. The number of hydrogen-bond acceptors (Lipinski definition) is 2. The number of alkyl halides is 3. The molecule has 0 aliphatic carbocycles. The first-order chi connectivity index (χ1) is 11.1. The minimum Gasteiger partial charge on any atom is -0.359 e. The highest BCUT2D eigenvalue weighted by Crippen LogP contribution is 2.29. The molecule has 1 amide bonds. The molecule has 8 heteroatoms. The maximum Gasteiger partial charge on any atom is 0.416 e. The quantitative estimate of drug-likeness (QED) is 0.566. The normalized spacial score (nSPS) is 12.7. The number of benzene rings is 1. The molecule has 0 fully saturated rings. The molecule has 0 saturated heterocycles. The average molecular weight is 344 g/mol. The van der Waals surface area contributed by atoms with Gasteiger partial charge in [0.1, 0.15) is 0 Å². The fourth-order valence-corrected chi connectivity index (χ4v) is 1.99. The number of nitrogens with zero attached hydrogens (tertiary/aromatic N) is 1. The predicted molar refractivity (Wildman–Crippen MR) is 87.5 cm³/mol. The zero-order valence-corrected chi connectivity index (χ0v) is 14.2. The van der Waals surface area contributed by atoms with Crippen molar-refractivity contribution < 1.29 is 18.0 Å². The summed E-state index contributed by atoms with van der Waals surface area (Å²) in [4.78, 5) is 15.7. The molecule has 1 aromatic carbocycles. The molecule has 5 nitrogen and oxygen atoms in total. The smallest absolute Gasteiger partial charge is 0.359 e. The summed E-state index contributed by atoms with van der Waals surface area (Å²) in [6, 6.07) is 5.09. The van der Waals surface area contributed by atoms with Gasteiger partial charge in [-0.1, -0.05) is 12.1 Å². The summed E-state index contributed by atoms with van der Waals surface area (Å²) in [6.07, 6.45) is -4.37. The van der Waals surface area contributed by atoms with Crippen LogP contribution in [0.25, 0.3) is 0 Å². The summed E-state index contributed by atoms with van der Waals surface area (Å²) in [5, 5.41) is 8.51. The Balaban J connectivity index is 2.64. The molecule has 0 aromatic heterocycles. The Bertz CT molecular complexity index is 597. The molecule has 0 atom stereocenters. The van der Waals surface area contributed by atoms with E-state index in [4.69, 9.17) is 0 Å². The van der Waals surface area contributed by atoms with E-state index in [-0.39, 0.29) is 12.5 Å². The van der Waals surface area contributed by atoms with Crippen molar-refractivity contribution in [3.8, 4) is 0 Å². The van der Waals surface area contributed by atoms with Gasteiger partial charge in [-0.25, -0.2) is 0 Å². The van der Waals surface area contributed by atoms with Crippen molar-refractivity contribution >= 4 is 11.9 Å². The zero-order valence-electron chi connectivity index (χ0n) is 14.2. The minimum absolute atomic E-state index is 0.122. The Kier molecular flexibility index (Phi) is 6.62. The Morgan fingerprint density at radius 3 is 2.42 bits per heavy atom. The molecular weight excluding hydrogens is 321 g/mol. The lowest BCUT2D eigenvalue weighted by molar-refractivity contribution is -0.137. The monoisotopic (exact) mass is 344 g/mol. The molecule has 134 valence electrons. The summed E-state index contributed by atoms with van der Waals surface area (Å²) in [5.74, 6) is 0.285. The van der Waals surface area contributed by atoms with Gasteiger partial charge in [0.05, 0.1) is 11.0 Å². The lowest BCUT2D eigenvalue weighted by Crippen LogP contribution is -2.47. The maximum absolute atomic E-state index is 12.7. The summed E-state index contributed by atoms with van der Waals surface area (Å²) in [6.45, 7) is 4.07. The van der Waals surface area contributed by atoms with Crippen LogP contribution in [0.1, 0.15) is 25.0 Å². The highest BCUT2D eigenvalue weighted by Gasteiger charge is 2.30. The number of rotatable bonds is 5. The lowest BCUT2D eigenvalue weighted by atomic mass is 9.92. The van der Waals surface area contributed by atoms with Crippen molar-refractivity contribution in [2.75, 3.05) is 20.6 Å². The number of hydrogen-bond donors (Lipinski definition) is 3. The molecule has 0 aliphatic rings. The number of nitrogens with one attached hydrogen (secondary N) is 3. The van der Waals surface area contributed by atoms with Gasteiger partial charge >= 0.3 is 6.18 Å². The Morgan fingerprint density at radius 1 is 1.21 bits per heavy atom. The summed E-state index contributed by atoms with van der Waals surface area (Å²) < 4.78 is 38.1. The summed E-state index contributed by atoms with van der Waals surface area (Å²) in [5.41, 5.74) is -0.855. The molecule has 1 rings (SSSR count). The van der Waals surface area contributed by atoms with E-state index in [0.29, 0.717) is 18.1 Å². The van der Waals surface area contributed by atoms with E-state index >= 15 is 0 Å². The number of halogens is 3. The van der Waals surface area contributed by atoms with Crippen molar-refractivity contribution in [2.45, 2.75) is 26.6 Å². The number of carbonyl (C=O) groups excluding carboxylic acids is 1. The lowest BCUT2D eigenvalue weighted by Gasteiger charge is -2.24. The van der Waals surface area contributed by atoms with E-state index in [9.17, 15) is 18.0 Å². The van der Waals surface area contributed by atoms with E-state index in [0.717, 1.165) is 12.1 Å². The highest BCUT2D eigenvalue weighted by atomic mass is 19.4. The fourth-order valence-electron chi connectivity index (χ4n) is 1.99. The zero-order chi connectivity index (χ0) is 18.4. The highest BCUT2D eigenvalue weighted by molar-refractivity contribution is 5.84. The molecule has 0 radical (unpaired) electrons. The largest absolute Gasteiger partial charge is 0.416 e. The molecule has 3 N–H and O–H groups in total. The molecule has 24 heavy (non-hydrogen) atoms. The number of amides is 1. The van der Waals surface area contributed by atoms with Crippen LogP contribution >= 0.6 is 0 Å². The van der Waals surface area contributed by atoms with E-state index in [1.54, 1.807) is 34.0 Å². The van der Waals surface area contributed by atoms with Crippen LogP contribution in [0.2, 0.25) is 0 Å². The summed E-state index contributed by atoms with van der Waals surface area (Å²) >= 11 is 0. The van der Waals surface area contributed by atoms with Gasteiger partial charge in [-0.05, 0) is 31.5 Å². The van der Waals surface area contributed by atoms with E-state index in [2.05, 4.69) is 20.9 Å². The van der Waals surface area contributed by atoms with Crippen LogP contribution < -0.4 is 16.0 Å². The van der Waals surface area contributed by atoms with Crippen LogP contribution in [0, 0.1) is 5.41 Å². The molecule has 0 saturated carbocycles. The van der Waals surface area contributed by atoms with Crippen molar-refractivity contribution in [1.82, 2.24) is 16.0 Å². The van der Waals surface area contributed by atoms with Gasteiger partial charge in [-0.2, -0.15) is 13.2 Å². The third-order valence-corrected chi connectivity index (χ3v) is 3.48. The van der Waals surface area contributed by atoms with E-state index < -0.39 is 17.2 Å². The van der Waals surface area contributed by atoms with Crippen molar-refractivity contribution in [3.63, 3.8) is 0 Å². The second-order valence-electron chi connectivity index (χ2n) is 5.94. The van der Waals surface area contributed by atoms with Gasteiger partial charge in [0.15, 0.2) is 5.96 Å². The van der Waals surface area contributed by atoms with Gasteiger partial charge < -0.3 is 16.0 Å². The van der Waals surface area contributed by atoms with Gasteiger partial charge in [-0.3, -0.25) is 9.79 Å². The molecule has 0 heterocycles. The Morgan fingerprint density at radius 2 is 1.88 bits per heavy atom. The van der Waals surface area contributed by atoms with Crippen LogP contribution in [0.15, 0.2) is 29.3 Å². The van der Waals surface area contributed by atoms with Gasteiger partial charge in [0, 0.05) is 27.2 Å². The van der Waals surface area contributed by atoms with Crippen LogP contribution in [-0.4, -0.2) is 32.5 Å². The van der Waals surface area contributed by atoms with Gasteiger partial charge in [-0.15, -0.1) is 0 Å². The topological polar surface area (TPSA) is 65.5 Å². The SMILES string of the molecule is CN=C(NCc1cccc(C(F)(F)F)c1)NCC(C)(C)C(=O)NC. The first-order valence-corrected chi connectivity index (χ1v) is 7.43. The first kappa shape index (κ1) is 19.8. The van der Waals surface area contributed by atoms with Crippen LogP contribution in [0.4, 0.5) is 13.2 Å². The molecular formula is C16H23F3N4O. The Labute approximate surface area is 139 Å². The fraction of sp³-hybridized carbons (Fsp3) is 0.500. The summed E-state index contributed by atoms with van der Waals surface area (Å²) in [7, 11) is 3.11. The first-order valence-electron chi connectivity index (χ1n) is 7.43. The third kappa shape index (κ3) is 5.75. The minimum atomic E-state index is -4.37. The van der Waals surface area contributed by atoms with Crippen molar-refractivity contribution in [2.24, 2.45) is 10.4 Å². The number of aliphatic imine (C=N–C) groups is 1. The van der Waals surface area contributed by atoms with Crippen molar-refractivity contribution in [1.29, 1.82) is 0 Å². The van der Waals surface area contributed by atoms with Crippen LogP contribution in [0.3, 0.4) is 0 Å². The molecule has 1 aromatic rings. The van der Waals surface area contributed by atoms with Gasteiger partial charge in [0.25, 0.3) is 0 Å². The molecule has 0 bridgehead atoms. The average Bonchev–Trinajstić information content (AvgIpc) is 2.53. The van der Waals surface area contributed by atoms with E-state index in [1.807, 2.05) is 0 Å². The maximum atomic E-state index is 12.7. The number of carbonyl (C=O) groups is 1. The standard InChI is InChI=1S/C16H23F3N4O/c1-15(2,13(24)20-3)10-23-14(21-4)22-9-11-6-5-7-12(8-11)16(17,18)19/h5-8H,9-10H2,1-4H3,(H,20,24)(H2,21,22,23). The van der Waals surface area contributed by atoms with Crippen LogP contribution in [0.5, 0.6) is 0 Å². The van der Waals surface area contributed by atoms with Gasteiger partial charge in [0.2, 0.25) is 5.91 Å². The number of guanidine groups is 1. The second-order valence-corrected chi connectivity index (χ2v) is 5.94. The second kappa shape index (κ2) is 8.03. The van der Waals surface area contributed by atoms with Crippen LogP contribution in [-0.2, 0) is 17.5 Å². The Hall–Kier alpha value is -2.25. The molecule has 0 unspecified atom stereocenters. The third-order valence-electron chi connectivity index (χ3n) is 3.48. The molecule has 0 aliphatic heterocycles.